The third-order valence-electron chi connectivity index (χ3n) is 1.96. The summed E-state index contributed by atoms with van der Waals surface area (Å²) in [5.74, 6) is 0.871. The van der Waals surface area contributed by atoms with Gasteiger partial charge in [-0.05, 0) is 5.92 Å². The highest BCUT2D eigenvalue weighted by Gasteiger charge is 2.10. The molecule has 5 heteroatoms. The molecule has 0 saturated carbocycles. The highest BCUT2D eigenvalue weighted by Crippen LogP contribution is 2.08. The second-order valence-electron chi connectivity index (χ2n) is 3.46. The van der Waals surface area contributed by atoms with Crippen molar-refractivity contribution in [2.45, 2.75) is 33.1 Å². The molecule has 0 aromatic carbocycles. The van der Waals surface area contributed by atoms with Gasteiger partial charge in [0, 0.05) is 19.3 Å². The van der Waals surface area contributed by atoms with E-state index in [1.54, 1.807) is 0 Å². The Bertz CT molecular complexity index is 309. The predicted octanol–water partition coefficient (Wildman–Crippen LogP) is 1.02. The Morgan fingerprint density at radius 2 is 2.36 bits per heavy atom. The average molecular weight is 197 g/mol. The molecule has 0 amide bonds. The van der Waals surface area contributed by atoms with Gasteiger partial charge in [-0.2, -0.15) is 5.10 Å². The number of rotatable bonds is 5. The van der Waals surface area contributed by atoms with Crippen LogP contribution in [-0.2, 0) is 17.6 Å². The van der Waals surface area contributed by atoms with Crippen molar-refractivity contribution in [2.75, 3.05) is 0 Å². The number of aromatic amines is 1. The summed E-state index contributed by atoms with van der Waals surface area (Å²) >= 11 is 0. The molecule has 1 rings (SSSR count). The molecule has 0 fully saturated rings. The topological polar surface area (TPSA) is 78.9 Å². The zero-order chi connectivity index (χ0) is 10.6. The lowest BCUT2D eigenvalue weighted by Crippen LogP contribution is -2.08. The first kappa shape index (κ1) is 10.7. The van der Waals surface area contributed by atoms with E-state index in [0.717, 1.165) is 18.1 Å². The van der Waals surface area contributed by atoms with Gasteiger partial charge < -0.3 is 5.11 Å². The molecule has 0 radical (unpaired) electrons. The third kappa shape index (κ3) is 3.16. The predicted molar refractivity (Wildman–Crippen MR) is 50.9 cm³/mol. The maximum absolute atomic E-state index is 10.4. The Hall–Kier alpha value is -1.39. The molecular formula is C9H15N3O2. The van der Waals surface area contributed by atoms with Gasteiger partial charge in [0.25, 0.3) is 0 Å². The Morgan fingerprint density at radius 3 is 2.86 bits per heavy atom. The summed E-state index contributed by atoms with van der Waals surface area (Å²) in [5.41, 5.74) is 0. The summed E-state index contributed by atoms with van der Waals surface area (Å²) in [7, 11) is 0. The van der Waals surface area contributed by atoms with Crippen LogP contribution >= 0.6 is 0 Å². The van der Waals surface area contributed by atoms with Crippen molar-refractivity contribution in [3.8, 4) is 0 Å². The van der Waals surface area contributed by atoms with Gasteiger partial charge in [0.15, 0.2) is 0 Å². The van der Waals surface area contributed by atoms with Crippen LogP contribution < -0.4 is 0 Å². The number of aryl methyl sites for hydroxylation is 1. The molecular weight excluding hydrogens is 182 g/mol. The van der Waals surface area contributed by atoms with Crippen LogP contribution in [0.4, 0.5) is 0 Å². The maximum Gasteiger partial charge on any atom is 0.303 e. The van der Waals surface area contributed by atoms with E-state index in [2.05, 4.69) is 15.2 Å². The van der Waals surface area contributed by atoms with Crippen LogP contribution in [0, 0.1) is 5.92 Å². The van der Waals surface area contributed by atoms with Crippen LogP contribution in [0.3, 0.4) is 0 Å². The molecule has 1 heterocycles. The number of hydrogen-bond acceptors (Lipinski definition) is 3. The van der Waals surface area contributed by atoms with Crippen molar-refractivity contribution in [2.24, 2.45) is 5.92 Å². The summed E-state index contributed by atoms with van der Waals surface area (Å²) in [4.78, 5) is 14.6. The van der Waals surface area contributed by atoms with E-state index in [9.17, 15) is 4.79 Å². The van der Waals surface area contributed by atoms with Gasteiger partial charge in [0.05, 0.1) is 0 Å². The van der Waals surface area contributed by atoms with E-state index < -0.39 is 5.97 Å². The van der Waals surface area contributed by atoms with Crippen molar-refractivity contribution in [3.05, 3.63) is 11.6 Å². The van der Waals surface area contributed by atoms with Crippen LogP contribution in [-0.4, -0.2) is 26.3 Å². The summed E-state index contributed by atoms with van der Waals surface area (Å²) in [5, 5.41) is 15.4. The molecule has 0 aliphatic carbocycles. The van der Waals surface area contributed by atoms with Gasteiger partial charge in [0.2, 0.25) is 0 Å². The van der Waals surface area contributed by atoms with Crippen molar-refractivity contribution < 1.29 is 9.90 Å². The van der Waals surface area contributed by atoms with Gasteiger partial charge >= 0.3 is 5.97 Å². The lowest BCUT2D eigenvalue weighted by Gasteiger charge is -2.04. The Kier molecular flexibility index (Phi) is 3.62. The van der Waals surface area contributed by atoms with Crippen molar-refractivity contribution >= 4 is 5.97 Å². The van der Waals surface area contributed by atoms with E-state index in [-0.39, 0.29) is 12.3 Å². The Labute approximate surface area is 82.6 Å². The number of aromatic nitrogens is 3. The van der Waals surface area contributed by atoms with Crippen molar-refractivity contribution in [3.63, 3.8) is 0 Å². The fourth-order valence-corrected chi connectivity index (χ4v) is 1.28. The van der Waals surface area contributed by atoms with Crippen molar-refractivity contribution in [1.82, 2.24) is 15.2 Å². The summed E-state index contributed by atoms with van der Waals surface area (Å²) in [6.07, 6.45) is 1.60. The van der Waals surface area contributed by atoms with Crippen LogP contribution in [0.25, 0.3) is 0 Å². The van der Waals surface area contributed by atoms with E-state index in [0.29, 0.717) is 6.42 Å². The molecule has 14 heavy (non-hydrogen) atoms. The van der Waals surface area contributed by atoms with Crippen LogP contribution in [0.15, 0.2) is 0 Å². The largest absolute Gasteiger partial charge is 0.481 e. The summed E-state index contributed by atoms with van der Waals surface area (Å²) < 4.78 is 0. The highest BCUT2D eigenvalue weighted by atomic mass is 16.4. The first-order valence-electron chi connectivity index (χ1n) is 4.73. The number of hydrogen-bond donors (Lipinski definition) is 2. The number of nitrogens with one attached hydrogen (secondary N) is 1. The fourth-order valence-electron chi connectivity index (χ4n) is 1.28. The first-order valence-corrected chi connectivity index (χ1v) is 4.73. The molecule has 0 saturated heterocycles. The molecule has 1 aromatic heterocycles. The fraction of sp³-hybridized carbons (Fsp3) is 0.667. The number of carbonyl (C=O) groups is 1. The van der Waals surface area contributed by atoms with Crippen molar-refractivity contribution in [1.29, 1.82) is 0 Å². The second-order valence-corrected chi connectivity index (χ2v) is 3.46. The number of carboxylic acids is 1. The molecule has 1 atom stereocenters. The van der Waals surface area contributed by atoms with Gasteiger partial charge in [0.1, 0.15) is 11.6 Å². The standard InChI is InChI=1S/C9H15N3O2/c1-3-7-10-8(12-11-7)4-6(2)5-9(13)14/h6H,3-5H2,1-2H3,(H,13,14)(H,10,11,12). The van der Waals surface area contributed by atoms with E-state index in [1.807, 2.05) is 13.8 Å². The molecule has 0 aliphatic heterocycles. The monoisotopic (exact) mass is 197 g/mol. The van der Waals surface area contributed by atoms with Gasteiger partial charge in [-0.3, -0.25) is 9.89 Å². The molecule has 0 spiro atoms. The molecule has 0 aliphatic rings. The minimum Gasteiger partial charge on any atom is -0.481 e. The van der Waals surface area contributed by atoms with Gasteiger partial charge in [-0.1, -0.05) is 13.8 Å². The minimum absolute atomic E-state index is 0.0881. The quantitative estimate of drug-likeness (QED) is 0.738. The van der Waals surface area contributed by atoms with E-state index >= 15 is 0 Å². The maximum atomic E-state index is 10.4. The average Bonchev–Trinajstić information content (AvgIpc) is 2.50. The normalized spacial score (nSPS) is 12.7. The lowest BCUT2D eigenvalue weighted by atomic mass is 10.0. The molecule has 0 bridgehead atoms. The molecule has 2 N–H and O–H groups in total. The molecule has 5 nitrogen and oxygen atoms in total. The molecule has 1 unspecified atom stereocenters. The zero-order valence-electron chi connectivity index (χ0n) is 8.45. The number of H-pyrrole nitrogens is 1. The lowest BCUT2D eigenvalue weighted by molar-refractivity contribution is -0.137. The Balaban J connectivity index is 2.47. The SMILES string of the molecule is CCc1n[nH]c(CC(C)CC(=O)O)n1. The minimum atomic E-state index is -0.771. The second kappa shape index (κ2) is 4.74. The number of carboxylic acid groups (broad SMARTS) is 1. The van der Waals surface area contributed by atoms with Gasteiger partial charge in [-0.15, -0.1) is 0 Å². The molecule has 1 aromatic rings. The third-order valence-corrected chi connectivity index (χ3v) is 1.96. The van der Waals surface area contributed by atoms with Crippen LogP contribution in [0.1, 0.15) is 31.9 Å². The zero-order valence-corrected chi connectivity index (χ0v) is 8.45. The highest BCUT2D eigenvalue weighted by molar-refractivity contribution is 5.66. The summed E-state index contributed by atoms with van der Waals surface area (Å²) in [6.45, 7) is 3.87. The van der Waals surface area contributed by atoms with E-state index in [4.69, 9.17) is 5.11 Å². The van der Waals surface area contributed by atoms with Crippen LogP contribution in [0.2, 0.25) is 0 Å². The number of nitrogens with zero attached hydrogens (tertiary/aromatic N) is 2. The van der Waals surface area contributed by atoms with Crippen LogP contribution in [0.5, 0.6) is 0 Å². The number of aliphatic carboxylic acids is 1. The molecule has 78 valence electrons. The Morgan fingerprint density at radius 1 is 1.64 bits per heavy atom. The first-order chi connectivity index (χ1) is 6.61. The smallest absolute Gasteiger partial charge is 0.303 e. The summed E-state index contributed by atoms with van der Waals surface area (Å²) in [6, 6.07) is 0. The van der Waals surface area contributed by atoms with Gasteiger partial charge in [-0.25, -0.2) is 4.98 Å². The van der Waals surface area contributed by atoms with E-state index in [1.165, 1.54) is 0 Å².